The maximum atomic E-state index is 12.6. The Kier molecular flexibility index (Phi) is 3.37. The number of benzene rings is 1. The van der Waals surface area contributed by atoms with Crippen molar-refractivity contribution < 1.29 is 9.59 Å². The maximum Gasteiger partial charge on any atom is 0.228 e. The smallest absolute Gasteiger partial charge is 0.228 e. The lowest BCUT2D eigenvalue weighted by Crippen LogP contribution is -2.42. The number of likely N-dealkylation sites (tertiary alicyclic amines) is 1. The molecule has 1 saturated heterocycles. The third-order valence-corrected chi connectivity index (χ3v) is 4.95. The van der Waals surface area contributed by atoms with Gasteiger partial charge < -0.3 is 10.6 Å². The molecule has 4 rings (SSSR count). The van der Waals surface area contributed by atoms with E-state index in [-0.39, 0.29) is 30.2 Å². The molecule has 1 saturated carbocycles. The van der Waals surface area contributed by atoms with Gasteiger partial charge in [-0.05, 0) is 30.9 Å². The highest BCUT2D eigenvalue weighted by molar-refractivity contribution is 6.01. The topological polar surface area (TPSA) is 61.4 Å². The predicted molar refractivity (Wildman–Crippen MR) is 83.6 cm³/mol. The summed E-state index contributed by atoms with van der Waals surface area (Å²) in [5.41, 5.74) is 1.70. The number of amides is 2. The molecule has 5 heteroatoms. The van der Waals surface area contributed by atoms with Gasteiger partial charge in [0, 0.05) is 37.3 Å². The van der Waals surface area contributed by atoms with Crippen LogP contribution >= 0.6 is 0 Å². The van der Waals surface area contributed by atoms with Gasteiger partial charge in [-0.1, -0.05) is 18.2 Å². The highest BCUT2D eigenvalue weighted by Crippen LogP contribution is 2.33. The lowest BCUT2D eigenvalue weighted by molar-refractivity contribution is -0.126. The Morgan fingerprint density at radius 2 is 2.05 bits per heavy atom. The molecule has 0 spiro atoms. The van der Waals surface area contributed by atoms with E-state index in [9.17, 15) is 9.59 Å². The van der Waals surface area contributed by atoms with Crippen molar-refractivity contribution in [2.45, 2.75) is 43.7 Å². The Morgan fingerprint density at radius 1 is 1.23 bits per heavy atom. The largest absolute Gasteiger partial charge is 0.351 e. The van der Waals surface area contributed by atoms with Crippen LogP contribution in [0.2, 0.25) is 0 Å². The molecule has 22 heavy (non-hydrogen) atoms. The Hall–Kier alpha value is -1.88. The first kappa shape index (κ1) is 13.8. The number of nitrogens with one attached hydrogen (secondary N) is 2. The third-order valence-electron chi connectivity index (χ3n) is 4.95. The SMILES string of the molecule is O=C1C[C@@H](C(=O)N[C@H]2CCN(C3CC3)C2)c2ccccc2N1. The van der Waals surface area contributed by atoms with Crippen LogP contribution < -0.4 is 10.6 Å². The third kappa shape index (κ3) is 2.61. The number of fused-ring (bicyclic) bond motifs is 1. The van der Waals surface area contributed by atoms with Gasteiger partial charge in [-0.25, -0.2) is 0 Å². The van der Waals surface area contributed by atoms with Gasteiger partial charge in [0.15, 0.2) is 0 Å². The minimum absolute atomic E-state index is 0.00931. The van der Waals surface area contributed by atoms with Crippen LogP contribution in [0.1, 0.15) is 37.2 Å². The van der Waals surface area contributed by atoms with E-state index in [2.05, 4.69) is 15.5 Å². The molecule has 2 fully saturated rings. The molecule has 5 nitrogen and oxygen atoms in total. The Bertz CT molecular complexity index is 612. The van der Waals surface area contributed by atoms with E-state index in [1.807, 2.05) is 24.3 Å². The second-order valence-corrected chi connectivity index (χ2v) is 6.61. The van der Waals surface area contributed by atoms with E-state index in [1.165, 1.54) is 12.8 Å². The molecule has 116 valence electrons. The summed E-state index contributed by atoms with van der Waals surface area (Å²) in [6, 6.07) is 8.57. The zero-order chi connectivity index (χ0) is 15.1. The molecule has 0 unspecified atom stereocenters. The fraction of sp³-hybridized carbons (Fsp3) is 0.529. The number of anilines is 1. The van der Waals surface area contributed by atoms with Crippen molar-refractivity contribution >= 4 is 17.5 Å². The Balaban J connectivity index is 1.45. The molecular formula is C17H21N3O2. The van der Waals surface area contributed by atoms with Gasteiger partial charge in [0.1, 0.15) is 0 Å². The first-order valence-corrected chi connectivity index (χ1v) is 8.14. The Labute approximate surface area is 130 Å². The van der Waals surface area contributed by atoms with Gasteiger partial charge in [0.05, 0.1) is 5.92 Å². The number of carbonyl (C=O) groups is 2. The highest BCUT2D eigenvalue weighted by Gasteiger charge is 2.36. The molecule has 0 aromatic heterocycles. The van der Waals surface area contributed by atoms with E-state index in [4.69, 9.17) is 0 Å². The quantitative estimate of drug-likeness (QED) is 0.888. The fourth-order valence-corrected chi connectivity index (χ4v) is 3.62. The number of para-hydroxylation sites is 1. The van der Waals surface area contributed by atoms with Crippen molar-refractivity contribution in [1.29, 1.82) is 0 Å². The second kappa shape index (κ2) is 5.39. The molecule has 2 heterocycles. The molecule has 2 aliphatic heterocycles. The van der Waals surface area contributed by atoms with Crippen molar-refractivity contribution in [1.82, 2.24) is 10.2 Å². The number of hydrogen-bond donors (Lipinski definition) is 2. The van der Waals surface area contributed by atoms with E-state index in [1.54, 1.807) is 0 Å². The molecule has 1 aromatic rings. The van der Waals surface area contributed by atoms with Crippen LogP contribution in [0, 0.1) is 0 Å². The minimum atomic E-state index is -0.361. The van der Waals surface area contributed by atoms with E-state index < -0.39 is 0 Å². The minimum Gasteiger partial charge on any atom is -0.351 e. The average molecular weight is 299 g/mol. The fourth-order valence-electron chi connectivity index (χ4n) is 3.62. The van der Waals surface area contributed by atoms with Gasteiger partial charge >= 0.3 is 0 Å². The second-order valence-electron chi connectivity index (χ2n) is 6.61. The van der Waals surface area contributed by atoms with Gasteiger partial charge in [-0.3, -0.25) is 14.5 Å². The zero-order valence-corrected chi connectivity index (χ0v) is 12.5. The number of carbonyl (C=O) groups excluding carboxylic acids is 2. The van der Waals surface area contributed by atoms with Crippen molar-refractivity contribution in [3.63, 3.8) is 0 Å². The first-order chi connectivity index (χ1) is 10.7. The first-order valence-electron chi connectivity index (χ1n) is 8.14. The molecule has 1 aliphatic carbocycles. The van der Waals surface area contributed by atoms with Crippen LogP contribution in [0.4, 0.5) is 5.69 Å². The van der Waals surface area contributed by atoms with Crippen molar-refractivity contribution in [3.05, 3.63) is 29.8 Å². The lowest BCUT2D eigenvalue weighted by atomic mass is 9.89. The standard InChI is InChI=1S/C17H21N3O2/c21-16-9-14(13-3-1-2-4-15(13)19-16)17(22)18-11-7-8-20(10-11)12-5-6-12/h1-4,11-12,14H,5-10H2,(H,18,22)(H,19,21)/t11-,14+/m0/s1. The van der Waals surface area contributed by atoms with Gasteiger partial charge in [0.2, 0.25) is 11.8 Å². The monoisotopic (exact) mass is 299 g/mol. The summed E-state index contributed by atoms with van der Waals surface area (Å²) in [5, 5.41) is 6.00. The van der Waals surface area contributed by atoms with Gasteiger partial charge in [0.25, 0.3) is 0 Å². The summed E-state index contributed by atoms with van der Waals surface area (Å²) in [6.07, 6.45) is 3.86. The lowest BCUT2D eigenvalue weighted by Gasteiger charge is -2.26. The molecule has 2 atom stereocenters. The van der Waals surface area contributed by atoms with Crippen LogP contribution in [0.5, 0.6) is 0 Å². The summed E-state index contributed by atoms with van der Waals surface area (Å²) in [7, 11) is 0. The van der Waals surface area contributed by atoms with Gasteiger partial charge in [-0.2, -0.15) is 0 Å². The van der Waals surface area contributed by atoms with Crippen LogP contribution in [-0.2, 0) is 9.59 Å². The summed E-state index contributed by atoms with van der Waals surface area (Å²) in [4.78, 5) is 27.0. The van der Waals surface area contributed by atoms with Crippen molar-refractivity contribution in [3.8, 4) is 0 Å². The molecule has 3 aliphatic rings. The molecule has 1 aromatic carbocycles. The normalized spacial score (nSPS) is 28.1. The molecule has 2 N–H and O–H groups in total. The van der Waals surface area contributed by atoms with E-state index >= 15 is 0 Å². The van der Waals surface area contributed by atoms with Crippen LogP contribution in [-0.4, -0.2) is 41.9 Å². The summed E-state index contributed by atoms with van der Waals surface area (Å²) in [5.74, 6) is -0.449. The number of nitrogens with zero attached hydrogens (tertiary/aromatic N) is 1. The zero-order valence-electron chi connectivity index (χ0n) is 12.5. The molecular weight excluding hydrogens is 278 g/mol. The maximum absolute atomic E-state index is 12.6. The van der Waals surface area contributed by atoms with Crippen molar-refractivity contribution in [2.75, 3.05) is 18.4 Å². The summed E-state index contributed by atoms with van der Waals surface area (Å²) >= 11 is 0. The van der Waals surface area contributed by atoms with Crippen LogP contribution in [0.3, 0.4) is 0 Å². The molecule has 2 amide bonds. The number of rotatable bonds is 3. The highest BCUT2D eigenvalue weighted by atomic mass is 16.2. The van der Waals surface area contributed by atoms with Crippen molar-refractivity contribution in [2.24, 2.45) is 0 Å². The summed E-state index contributed by atoms with van der Waals surface area (Å²) < 4.78 is 0. The van der Waals surface area contributed by atoms with Crippen LogP contribution in [0.15, 0.2) is 24.3 Å². The van der Waals surface area contributed by atoms with Crippen LogP contribution in [0.25, 0.3) is 0 Å². The van der Waals surface area contributed by atoms with E-state index in [0.717, 1.165) is 36.8 Å². The molecule has 0 radical (unpaired) electrons. The van der Waals surface area contributed by atoms with Gasteiger partial charge in [-0.15, -0.1) is 0 Å². The van der Waals surface area contributed by atoms with E-state index in [0.29, 0.717) is 0 Å². The predicted octanol–water partition coefficient (Wildman–Crippen LogP) is 1.47. The molecule has 0 bridgehead atoms. The Morgan fingerprint density at radius 3 is 2.86 bits per heavy atom. The summed E-state index contributed by atoms with van der Waals surface area (Å²) in [6.45, 7) is 2.04. The number of hydrogen-bond acceptors (Lipinski definition) is 3. The average Bonchev–Trinajstić information content (AvgIpc) is 3.26.